The van der Waals surface area contributed by atoms with E-state index in [0.717, 1.165) is 25.1 Å². The summed E-state index contributed by atoms with van der Waals surface area (Å²) >= 11 is 0. The molecule has 2 aromatic rings. The van der Waals surface area contributed by atoms with Crippen LogP contribution in [-0.2, 0) is 6.42 Å². The van der Waals surface area contributed by atoms with Crippen molar-refractivity contribution < 1.29 is 9.32 Å². The second-order valence-electron chi connectivity index (χ2n) is 4.10. The molecular formula is C13H12N2O2. The lowest BCUT2D eigenvalue weighted by Gasteiger charge is -2.28. The van der Waals surface area contributed by atoms with Crippen molar-refractivity contribution in [1.29, 1.82) is 0 Å². The molecule has 1 amide bonds. The van der Waals surface area contributed by atoms with Crippen LogP contribution in [0.4, 0.5) is 5.69 Å². The number of aryl methyl sites for hydroxylation is 1. The van der Waals surface area contributed by atoms with Crippen molar-refractivity contribution in [1.82, 2.24) is 5.16 Å². The Balaban J connectivity index is 1.98. The van der Waals surface area contributed by atoms with Gasteiger partial charge in [-0.1, -0.05) is 23.4 Å². The summed E-state index contributed by atoms with van der Waals surface area (Å²) in [6.07, 6.45) is 4.87. The normalized spacial score (nSPS) is 14.5. The predicted molar refractivity (Wildman–Crippen MR) is 62.9 cm³/mol. The van der Waals surface area contributed by atoms with E-state index in [4.69, 9.17) is 4.52 Å². The summed E-state index contributed by atoms with van der Waals surface area (Å²) in [5.74, 6) is -0.0431. The van der Waals surface area contributed by atoms with Crippen LogP contribution < -0.4 is 4.90 Å². The summed E-state index contributed by atoms with van der Waals surface area (Å²) in [5, 5.41) is 3.57. The summed E-state index contributed by atoms with van der Waals surface area (Å²) in [6, 6.07) is 8.02. The number of hydrogen-bond acceptors (Lipinski definition) is 3. The van der Waals surface area contributed by atoms with Crippen LogP contribution in [0.2, 0.25) is 0 Å². The third-order valence-corrected chi connectivity index (χ3v) is 3.03. The number of aromatic nitrogens is 1. The van der Waals surface area contributed by atoms with Gasteiger partial charge in [-0.05, 0) is 24.5 Å². The van der Waals surface area contributed by atoms with Crippen LogP contribution in [0.5, 0.6) is 0 Å². The molecule has 4 nitrogen and oxygen atoms in total. The Hall–Kier alpha value is -2.10. The van der Waals surface area contributed by atoms with Crippen molar-refractivity contribution in [3.05, 3.63) is 47.9 Å². The number of nitrogens with zero attached hydrogens (tertiary/aromatic N) is 2. The summed E-state index contributed by atoms with van der Waals surface area (Å²) in [7, 11) is 0. The van der Waals surface area contributed by atoms with Crippen molar-refractivity contribution in [3.8, 4) is 0 Å². The van der Waals surface area contributed by atoms with E-state index in [2.05, 4.69) is 11.2 Å². The minimum absolute atomic E-state index is 0.0431. The maximum Gasteiger partial charge on any atom is 0.263 e. The van der Waals surface area contributed by atoms with Gasteiger partial charge in [-0.3, -0.25) is 4.79 Å². The fourth-order valence-corrected chi connectivity index (χ4v) is 2.21. The molecule has 86 valence electrons. The van der Waals surface area contributed by atoms with Gasteiger partial charge in [0.25, 0.3) is 5.91 Å². The highest BCUT2D eigenvalue weighted by molar-refractivity contribution is 6.06. The molecule has 0 saturated heterocycles. The third-order valence-electron chi connectivity index (χ3n) is 3.03. The molecule has 0 radical (unpaired) electrons. The number of para-hydroxylation sites is 1. The highest BCUT2D eigenvalue weighted by atomic mass is 16.5. The molecule has 0 saturated carbocycles. The molecule has 1 aromatic carbocycles. The van der Waals surface area contributed by atoms with Crippen LogP contribution in [0, 0.1) is 0 Å². The van der Waals surface area contributed by atoms with Gasteiger partial charge >= 0.3 is 0 Å². The van der Waals surface area contributed by atoms with E-state index in [9.17, 15) is 4.79 Å². The van der Waals surface area contributed by atoms with Gasteiger partial charge in [-0.25, -0.2) is 0 Å². The molecule has 0 bridgehead atoms. The van der Waals surface area contributed by atoms with Crippen molar-refractivity contribution in [2.75, 3.05) is 11.4 Å². The lowest BCUT2D eigenvalue weighted by atomic mass is 10.0. The molecule has 3 rings (SSSR count). The Morgan fingerprint density at radius 2 is 2.24 bits per heavy atom. The van der Waals surface area contributed by atoms with Crippen LogP contribution >= 0.6 is 0 Å². The van der Waals surface area contributed by atoms with Crippen molar-refractivity contribution in [2.45, 2.75) is 12.8 Å². The van der Waals surface area contributed by atoms with Gasteiger partial charge in [0.1, 0.15) is 6.26 Å². The number of rotatable bonds is 1. The summed E-state index contributed by atoms with van der Waals surface area (Å²) < 4.78 is 4.72. The third kappa shape index (κ3) is 1.71. The molecule has 1 aliphatic rings. The highest BCUT2D eigenvalue weighted by Crippen LogP contribution is 2.27. The highest BCUT2D eigenvalue weighted by Gasteiger charge is 2.23. The minimum atomic E-state index is -0.0431. The second-order valence-corrected chi connectivity index (χ2v) is 4.10. The quantitative estimate of drug-likeness (QED) is 0.752. The Morgan fingerprint density at radius 1 is 1.35 bits per heavy atom. The number of carbonyl (C=O) groups excluding carboxylic acids is 1. The fraction of sp³-hybridized carbons (Fsp3) is 0.231. The maximum absolute atomic E-state index is 12.2. The molecular weight excluding hydrogens is 216 g/mol. The van der Waals surface area contributed by atoms with Crippen LogP contribution in [-0.4, -0.2) is 17.6 Å². The molecule has 4 heteroatoms. The number of carbonyl (C=O) groups is 1. The van der Waals surface area contributed by atoms with E-state index in [1.54, 1.807) is 4.90 Å². The molecule has 17 heavy (non-hydrogen) atoms. The molecule has 0 atom stereocenters. The molecule has 1 aromatic heterocycles. The van der Waals surface area contributed by atoms with E-state index in [0.29, 0.717) is 5.56 Å². The number of benzene rings is 1. The first-order valence-electron chi connectivity index (χ1n) is 5.65. The number of amides is 1. The van der Waals surface area contributed by atoms with Crippen LogP contribution in [0.3, 0.4) is 0 Å². The maximum atomic E-state index is 12.2. The van der Waals surface area contributed by atoms with Gasteiger partial charge in [-0.15, -0.1) is 0 Å². The first kappa shape index (κ1) is 10.1. The first-order valence-corrected chi connectivity index (χ1v) is 5.65. The van der Waals surface area contributed by atoms with Crippen LogP contribution in [0.1, 0.15) is 22.3 Å². The lowest BCUT2D eigenvalue weighted by Crippen LogP contribution is -2.35. The van der Waals surface area contributed by atoms with E-state index in [1.165, 1.54) is 18.0 Å². The molecule has 1 aliphatic heterocycles. The van der Waals surface area contributed by atoms with Gasteiger partial charge in [0, 0.05) is 12.2 Å². The Bertz CT molecular complexity index is 534. The Morgan fingerprint density at radius 3 is 3.06 bits per heavy atom. The standard InChI is InChI=1S/C13H12N2O2/c16-13(11-8-14-17-9-11)15-7-3-5-10-4-1-2-6-12(10)15/h1-2,4,6,8-9H,3,5,7H2. The van der Waals surface area contributed by atoms with Crippen molar-refractivity contribution in [2.24, 2.45) is 0 Å². The van der Waals surface area contributed by atoms with E-state index in [-0.39, 0.29) is 5.91 Å². The Labute approximate surface area is 98.8 Å². The number of fused-ring (bicyclic) bond motifs is 1. The van der Waals surface area contributed by atoms with E-state index < -0.39 is 0 Å². The molecule has 2 heterocycles. The molecule has 0 spiro atoms. The lowest BCUT2D eigenvalue weighted by molar-refractivity contribution is 0.0984. The second kappa shape index (κ2) is 4.05. The van der Waals surface area contributed by atoms with Crippen molar-refractivity contribution in [3.63, 3.8) is 0 Å². The molecule has 0 fully saturated rings. The minimum Gasteiger partial charge on any atom is -0.364 e. The van der Waals surface area contributed by atoms with Gasteiger partial charge in [0.15, 0.2) is 0 Å². The zero-order valence-electron chi connectivity index (χ0n) is 9.30. The Kier molecular flexibility index (Phi) is 2.40. The number of anilines is 1. The fourth-order valence-electron chi connectivity index (χ4n) is 2.21. The zero-order chi connectivity index (χ0) is 11.7. The first-order chi connectivity index (χ1) is 8.36. The largest absolute Gasteiger partial charge is 0.364 e. The molecule has 0 unspecified atom stereocenters. The summed E-state index contributed by atoms with van der Waals surface area (Å²) in [5.41, 5.74) is 2.73. The van der Waals surface area contributed by atoms with Gasteiger partial charge < -0.3 is 9.42 Å². The molecule has 0 N–H and O–H groups in total. The predicted octanol–water partition coefficient (Wildman–Crippen LogP) is 2.27. The monoisotopic (exact) mass is 228 g/mol. The van der Waals surface area contributed by atoms with Gasteiger partial charge in [0.05, 0.1) is 11.8 Å². The number of hydrogen-bond donors (Lipinski definition) is 0. The molecule has 0 aliphatic carbocycles. The van der Waals surface area contributed by atoms with Crippen LogP contribution in [0.15, 0.2) is 41.2 Å². The average Bonchev–Trinajstić information content (AvgIpc) is 2.91. The van der Waals surface area contributed by atoms with Gasteiger partial charge in [-0.2, -0.15) is 0 Å². The van der Waals surface area contributed by atoms with Crippen molar-refractivity contribution >= 4 is 11.6 Å². The summed E-state index contributed by atoms with van der Waals surface area (Å²) in [4.78, 5) is 14.0. The topological polar surface area (TPSA) is 46.3 Å². The van der Waals surface area contributed by atoms with Gasteiger partial charge in [0.2, 0.25) is 0 Å². The average molecular weight is 228 g/mol. The summed E-state index contributed by atoms with van der Waals surface area (Å²) in [6.45, 7) is 0.751. The smallest absolute Gasteiger partial charge is 0.263 e. The van der Waals surface area contributed by atoms with E-state index in [1.807, 2.05) is 18.2 Å². The van der Waals surface area contributed by atoms with E-state index >= 15 is 0 Å². The SMILES string of the molecule is O=C(c1cnoc1)N1CCCc2ccccc21. The zero-order valence-corrected chi connectivity index (χ0v) is 9.30. The van der Waals surface area contributed by atoms with Crippen LogP contribution in [0.25, 0.3) is 0 Å².